The van der Waals surface area contributed by atoms with E-state index in [0.717, 1.165) is 12.8 Å². The number of rotatable bonds is 1. The molecule has 1 rings (SSSR count). The normalized spacial score (nSPS) is 42.7. The fourth-order valence-corrected chi connectivity index (χ4v) is 1.98. The summed E-state index contributed by atoms with van der Waals surface area (Å²) < 4.78 is 0. The van der Waals surface area contributed by atoms with Gasteiger partial charge in [-0.05, 0) is 44.9 Å². The lowest BCUT2D eigenvalue weighted by molar-refractivity contribution is -0.0375. The molecule has 1 nitrogen and oxygen atoms in total. The van der Waals surface area contributed by atoms with Crippen molar-refractivity contribution in [2.45, 2.75) is 45.6 Å². The molecule has 0 amide bonds. The molecule has 3 unspecified atom stereocenters. The third-order valence-electron chi connectivity index (χ3n) is 3.37. The molecule has 1 aliphatic carbocycles. The zero-order valence-electron chi connectivity index (χ0n) is 8.43. The topological polar surface area (TPSA) is 20.2 Å². The van der Waals surface area contributed by atoms with Gasteiger partial charge in [0.2, 0.25) is 0 Å². The summed E-state index contributed by atoms with van der Waals surface area (Å²) in [6.45, 7) is 10.1. The van der Waals surface area contributed by atoms with Gasteiger partial charge in [0, 0.05) is 0 Å². The number of allylic oxidation sites excluding steroid dienone is 1. The van der Waals surface area contributed by atoms with E-state index in [2.05, 4.69) is 20.4 Å². The maximum atomic E-state index is 10.0. The molecule has 1 aliphatic rings. The van der Waals surface area contributed by atoms with Crippen LogP contribution in [0.1, 0.15) is 40.0 Å². The fraction of sp³-hybridized carbons (Fsp3) is 0.818. The third-order valence-corrected chi connectivity index (χ3v) is 3.37. The average Bonchev–Trinajstić information content (AvgIpc) is 1.94. The van der Waals surface area contributed by atoms with E-state index in [0.29, 0.717) is 11.8 Å². The van der Waals surface area contributed by atoms with Crippen LogP contribution in [0.2, 0.25) is 0 Å². The molecule has 1 saturated carbocycles. The second-order valence-electron chi connectivity index (χ2n) is 4.58. The highest BCUT2D eigenvalue weighted by molar-refractivity contribution is 5.02. The average molecular weight is 168 g/mol. The van der Waals surface area contributed by atoms with E-state index in [4.69, 9.17) is 0 Å². The Balaban J connectivity index is 2.63. The standard InChI is InChI=1S/C11H20O/c1-8(2)10-6-5-9(3)11(4,12)7-10/h9-10,12H,1,5-7H2,2-4H3. The van der Waals surface area contributed by atoms with Crippen molar-refractivity contribution in [3.05, 3.63) is 12.2 Å². The first kappa shape index (κ1) is 9.79. The summed E-state index contributed by atoms with van der Waals surface area (Å²) in [7, 11) is 0. The molecule has 70 valence electrons. The van der Waals surface area contributed by atoms with Crippen LogP contribution < -0.4 is 0 Å². The summed E-state index contributed by atoms with van der Waals surface area (Å²) >= 11 is 0. The van der Waals surface area contributed by atoms with E-state index in [-0.39, 0.29) is 0 Å². The smallest absolute Gasteiger partial charge is 0.0650 e. The highest BCUT2D eigenvalue weighted by Gasteiger charge is 2.35. The van der Waals surface area contributed by atoms with Gasteiger partial charge in [-0.15, -0.1) is 0 Å². The lowest BCUT2D eigenvalue weighted by atomic mass is 9.71. The Morgan fingerprint density at radius 2 is 2.08 bits per heavy atom. The summed E-state index contributed by atoms with van der Waals surface area (Å²) in [5.41, 5.74) is 0.754. The Morgan fingerprint density at radius 3 is 2.50 bits per heavy atom. The molecule has 1 fully saturated rings. The Labute approximate surface area is 75.5 Å². The first-order valence-electron chi connectivity index (χ1n) is 4.81. The number of hydrogen-bond donors (Lipinski definition) is 1. The van der Waals surface area contributed by atoms with Crippen LogP contribution in [0.4, 0.5) is 0 Å². The molecular weight excluding hydrogens is 148 g/mol. The molecule has 0 aliphatic heterocycles. The van der Waals surface area contributed by atoms with E-state index in [9.17, 15) is 5.11 Å². The molecule has 1 N–H and O–H groups in total. The SMILES string of the molecule is C=C(C)C1CCC(C)C(C)(O)C1. The van der Waals surface area contributed by atoms with Gasteiger partial charge in [-0.25, -0.2) is 0 Å². The second kappa shape index (κ2) is 3.21. The molecule has 1 heteroatoms. The Kier molecular flexibility index (Phi) is 2.62. The van der Waals surface area contributed by atoms with Gasteiger partial charge in [0.25, 0.3) is 0 Å². The molecule has 12 heavy (non-hydrogen) atoms. The van der Waals surface area contributed by atoms with Gasteiger partial charge in [0.15, 0.2) is 0 Å². The zero-order chi connectivity index (χ0) is 9.35. The molecule has 0 radical (unpaired) electrons. The van der Waals surface area contributed by atoms with E-state index in [1.807, 2.05) is 6.92 Å². The minimum absolute atomic E-state index is 0.438. The van der Waals surface area contributed by atoms with E-state index >= 15 is 0 Å². The maximum absolute atomic E-state index is 10.0. The summed E-state index contributed by atoms with van der Waals surface area (Å²) in [6, 6.07) is 0. The quantitative estimate of drug-likeness (QED) is 0.597. The van der Waals surface area contributed by atoms with Crippen molar-refractivity contribution >= 4 is 0 Å². The van der Waals surface area contributed by atoms with Crippen LogP contribution in [-0.4, -0.2) is 10.7 Å². The van der Waals surface area contributed by atoms with Crippen LogP contribution in [0.15, 0.2) is 12.2 Å². The Bertz CT molecular complexity index is 181. The minimum Gasteiger partial charge on any atom is -0.390 e. The van der Waals surface area contributed by atoms with Gasteiger partial charge in [-0.3, -0.25) is 0 Å². The van der Waals surface area contributed by atoms with Crippen LogP contribution in [-0.2, 0) is 0 Å². The van der Waals surface area contributed by atoms with Crippen LogP contribution >= 0.6 is 0 Å². The van der Waals surface area contributed by atoms with Gasteiger partial charge in [-0.1, -0.05) is 19.1 Å². The van der Waals surface area contributed by atoms with Gasteiger partial charge in [0.05, 0.1) is 5.60 Å². The van der Waals surface area contributed by atoms with Crippen molar-refractivity contribution in [3.63, 3.8) is 0 Å². The van der Waals surface area contributed by atoms with Crippen molar-refractivity contribution in [1.29, 1.82) is 0 Å². The molecule has 0 heterocycles. The van der Waals surface area contributed by atoms with Gasteiger partial charge in [0.1, 0.15) is 0 Å². The molecule has 0 saturated heterocycles. The molecule has 0 aromatic rings. The Morgan fingerprint density at radius 1 is 1.50 bits per heavy atom. The first-order chi connectivity index (χ1) is 5.43. The fourth-order valence-electron chi connectivity index (χ4n) is 1.98. The third kappa shape index (κ3) is 1.89. The molecular formula is C11H20O. The number of hydrogen-bond acceptors (Lipinski definition) is 1. The zero-order valence-corrected chi connectivity index (χ0v) is 8.43. The van der Waals surface area contributed by atoms with E-state index < -0.39 is 5.60 Å². The van der Waals surface area contributed by atoms with Crippen LogP contribution in [0.25, 0.3) is 0 Å². The summed E-state index contributed by atoms with van der Waals surface area (Å²) in [6.07, 6.45) is 3.22. The monoisotopic (exact) mass is 168 g/mol. The van der Waals surface area contributed by atoms with Crippen molar-refractivity contribution < 1.29 is 5.11 Å². The molecule has 0 spiro atoms. The maximum Gasteiger partial charge on any atom is 0.0650 e. The van der Waals surface area contributed by atoms with Gasteiger partial charge < -0.3 is 5.11 Å². The van der Waals surface area contributed by atoms with Crippen molar-refractivity contribution in [3.8, 4) is 0 Å². The second-order valence-corrected chi connectivity index (χ2v) is 4.58. The van der Waals surface area contributed by atoms with Crippen LogP contribution in [0.5, 0.6) is 0 Å². The largest absolute Gasteiger partial charge is 0.390 e. The minimum atomic E-state index is -0.470. The molecule has 0 aromatic carbocycles. The highest BCUT2D eigenvalue weighted by Crippen LogP contribution is 2.39. The summed E-state index contributed by atoms with van der Waals surface area (Å²) in [4.78, 5) is 0. The van der Waals surface area contributed by atoms with Crippen molar-refractivity contribution in [1.82, 2.24) is 0 Å². The lowest BCUT2D eigenvalue weighted by Crippen LogP contribution is -2.39. The molecule has 0 bridgehead atoms. The van der Waals surface area contributed by atoms with E-state index in [1.54, 1.807) is 0 Å². The van der Waals surface area contributed by atoms with E-state index in [1.165, 1.54) is 12.0 Å². The summed E-state index contributed by atoms with van der Waals surface area (Å²) in [5.74, 6) is 0.976. The predicted octanol–water partition coefficient (Wildman–Crippen LogP) is 2.75. The van der Waals surface area contributed by atoms with Crippen LogP contribution in [0, 0.1) is 11.8 Å². The first-order valence-corrected chi connectivity index (χ1v) is 4.81. The molecule has 3 atom stereocenters. The highest BCUT2D eigenvalue weighted by atomic mass is 16.3. The van der Waals surface area contributed by atoms with Crippen molar-refractivity contribution in [2.24, 2.45) is 11.8 Å². The number of aliphatic hydroxyl groups is 1. The Hall–Kier alpha value is -0.300. The van der Waals surface area contributed by atoms with Gasteiger partial charge in [-0.2, -0.15) is 0 Å². The predicted molar refractivity (Wildman–Crippen MR) is 51.9 cm³/mol. The van der Waals surface area contributed by atoms with Gasteiger partial charge >= 0.3 is 0 Å². The van der Waals surface area contributed by atoms with Crippen LogP contribution in [0.3, 0.4) is 0 Å². The lowest BCUT2D eigenvalue weighted by Gasteiger charge is -2.39. The van der Waals surface area contributed by atoms with Crippen molar-refractivity contribution in [2.75, 3.05) is 0 Å². The summed E-state index contributed by atoms with van der Waals surface area (Å²) in [5, 5.41) is 10.0. The molecule has 0 aromatic heterocycles.